The zero-order valence-electron chi connectivity index (χ0n) is 13.5. The molecule has 0 saturated carbocycles. The highest BCUT2D eigenvalue weighted by molar-refractivity contribution is 5.93. The second kappa shape index (κ2) is 7.02. The highest BCUT2D eigenvalue weighted by Crippen LogP contribution is 2.20. The van der Waals surface area contributed by atoms with Crippen molar-refractivity contribution in [2.24, 2.45) is 0 Å². The van der Waals surface area contributed by atoms with Crippen LogP contribution in [0, 0.1) is 20.8 Å². The topological polar surface area (TPSA) is 66.9 Å². The number of amides is 1. The lowest BCUT2D eigenvalue weighted by Gasteiger charge is -2.11. The summed E-state index contributed by atoms with van der Waals surface area (Å²) in [6, 6.07) is 7.83. The standard InChI is InChI=1S/C17H22N4O/c1-5-8-18-17(22)15-10-16(20-13(4)19-15)21-14-7-6-11(2)9-12(14)3/h6-7,9-10H,5,8H2,1-4H3,(H,18,22)(H,19,20,21). The summed E-state index contributed by atoms with van der Waals surface area (Å²) in [5.41, 5.74) is 3.70. The zero-order chi connectivity index (χ0) is 16.1. The van der Waals surface area contributed by atoms with Crippen molar-refractivity contribution in [3.05, 3.63) is 46.9 Å². The first-order valence-corrected chi connectivity index (χ1v) is 7.47. The molecule has 2 rings (SSSR count). The van der Waals surface area contributed by atoms with Gasteiger partial charge in [0.25, 0.3) is 5.91 Å². The third-order valence-corrected chi connectivity index (χ3v) is 3.25. The van der Waals surface area contributed by atoms with Crippen molar-refractivity contribution in [3.8, 4) is 0 Å². The van der Waals surface area contributed by atoms with Crippen molar-refractivity contribution in [1.82, 2.24) is 15.3 Å². The van der Waals surface area contributed by atoms with Crippen LogP contribution in [0.3, 0.4) is 0 Å². The van der Waals surface area contributed by atoms with Gasteiger partial charge in [0, 0.05) is 18.3 Å². The molecule has 1 aromatic heterocycles. The Bertz CT molecular complexity index is 682. The first-order chi connectivity index (χ1) is 10.5. The number of aryl methyl sites for hydroxylation is 3. The van der Waals surface area contributed by atoms with Crippen molar-refractivity contribution in [1.29, 1.82) is 0 Å². The second-order valence-electron chi connectivity index (χ2n) is 5.38. The van der Waals surface area contributed by atoms with E-state index in [0.717, 1.165) is 17.7 Å². The molecule has 5 heteroatoms. The second-order valence-corrected chi connectivity index (χ2v) is 5.38. The molecule has 0 fully saturated rings. The summed E-state index contributed by atoms with van der Waals surface area (Å²) in [4.78, 5) is 20.6. The smallest absolute Gasteiger partial charge is 0.270 e. The van der Waals surface area contributed by atoms with Gasteiger partial charge in [0.1, 0.15) is 17.3 Å². The van der Waals surface area contributed by atoms with Crippen molar-refractivity contribution in [2.45, 2.75) is 34.1 Å². The summed E-state index contributed by atoms with van der Waals surface area (Å²) in [6.45, 7) is 8.53. The molecule has 2 N–H and O–H groups in total. The molecule has 0 spiro atoms. The Labute approximate surface area is 131 Å². The van der Waals surface area contributed by atoms with Gasteiger partial charge in [0.2, 0.25) is 0 Å². The van der Waals surface area contributed by atoms with Crippen LogP contribution in [-0.4, -0.2) is 22.4 Å². The predicted octanol–water partition coefficient (Wildman–Crippen LogP) is 3.29. The fourth-order valence-corrected chi connectivity index (χ4v) is 2.17. The number of benzene rings is 1. The lowest BCUT2D eigenvalue weighted by Crippen LogP contribution is -2.25. The van der Waals surface area contributed by atoms with E-state index in [4.69, 9.17) is 0 Å². The highest BCUT2D eigenvalue weighted by atomic mass is 16.1. The fourth-order valence-electron chi connectivity index (χ4n) is 2.17. The first kappa shape index (κ1) is 15.9. The van der Waals surface area contributed by atoms with Crippen LogP contribution < -0.4 is 10.6 Å². The van der Waals surface area contributed by atoms with E-state index >= 15 is 0 Å². The van der Waals surface area contributed by atoms with E-state index in [-0.39, 0.29) is 5.91 Å². The fraction of sp³-hybridized carbons (Fsp3) is 0.353. The van der Waals surface area contributed by atoms with E-state index in [1.54, 1.807) is 13.0 Å². The number of carbonyl (C=O) groups excluding carboxylic acids is 1. The molecule has 1 amide bonds. The normalized spacial score (nSPS) is 10.4. The number of hydrogen-bond donors (Lipinski definition) is 2. The Hall–Kier alpha value is -2.43. The number of nitrogens with zero attached hydrogens (tertiary/aromatic N) is 2. The van der Waals surface area contributed by atoms with Crippen LogP contribution in [0.1, 0.15) is 40.8 Å². The van der Waals surface area contributed by atoms with Crippen LogP contribution in [0.5, 0.6) is 0 Å². The monoisotopic (exact) mass is 298 g/mol. The summed E-state index contributed by atoms with van der Waals surface area (Å²) in [5.74, 6) is 1.02. The Kier molecular flexibility index (Phi) is 5.09. The molecule has 0 aliphatic carbocycles. The first-order valence-electron chi connectivity index (χ1n) is 7.47. The van der Waals surface area contributed by atoms with Crippen molar-refractivity contribution < 1.29 is 4.79 Å². The number of rotatable bonds is 5. The quantitative estimate of drug-likeness (QED) is 0.889. The summed E-state index contributed by atoms with van der Waals surface area (Å²) < 4.78 is 0. The van der Waals surface area contributed by atoms with E-state index < -0.39 is 0 Å². The van der Waals surface area contributed by atoms with Crippen LogP contribution >= 0.6 is 0 Å². The maximum atomic E-state index is 12.0. The van der Waals surface area contributed by atoms with E-state index in [1.165, 1.54) is 5.56 Å². The lowest BCUT2D eigenvalue weighted by molar-refractivity contribution is 0.0948. The van der Waals surface area contributed by atoms with E-state index in [9.17, 15) is 4.79 Å². The average molecular weight is 298 g/mol. The minimum absolute atomic E-state index is 0.170. The minimum Gasteiger partial charge on any atom is -0.351 e. The molecule has 116 valence electrons. The van der Waals surface area contributed by atoms with Crippen LogP contribution in [-0.2, 0) is 0 Å². The Balaban J connectivity index is 2.24. The Morgan fingerprint density at radius 1 is 1.14 bits per heavy atom. The molecular weight excluding hydrogens is 276 g/mol. The van der Waals surface area contributed by atoms with Gasteiger partial charge >= 0.3 is 0 Å². The van der Waals surface area contributed by atoms with Gasteiger partial charge in [-0.1, -0.05) is 24.6 Å². The summed E-state index contributed by atoms with van der Waals surface area (Å²) >= 11 is 0. The highest BCUT2D eigenvalue weighted by Gasteiger charge is 2.10. The van der Waals surface area contributed by atoms with Crippen molar-refractivity contribution >= 4 is 17.4 Å². The van der Waals surface area contributed by atoms with Crippen molar-refractivity contribution in [3.63, 3.8) is 0 Å². The van der Waals surface area contributed by atoms with Gasteiger partial charge in [-0.3, -0.25) is 4.79 Å². The molecule has 0 bridgehead atoms. The van der Waals surface area contributed by atoms with E-state index in [2.05, 4.69) is 33.6 Å². The third kappa shape index (κ3) is 4.04. The van der Waals surface area contributed by atoms with E-state index in [1.807, 2.05) is 26.0 Å². The van der Waals surface area contributed by atoms with E-state index in [0.29, 0.717) is 23.9 Å². The van der Waals surface area contributed by atoms with Gasteiger partial charge in [0.05, 0.1) is 0 Å². The largest absolute Gasteiger partial charge is 0.351 e. The number of nitrogens with one attached hydrogen (secondary N) is 2. The molecule has 2 aromatic rings. The number of anilines is 2. The lowest BCUT2D eigenvalue weighted by atomic mass is 10.1. The Morgan fingerprint density at radius 3 is 2.59 bits per heavy atom. The molecule has 0 radical (unpaired) electrons. The molecule has 22 heavy (non-hydrogen) atoms. The van der Waals surface area contributed by atoms with Gasteiger partial charge in [-0.2, -0.15) is 0 Å². The molecule has 1 heterocycles. The maximum Gasteiger partial charge on any atom is 0.270 e. The van der Waals surface area contributed by atoms with Gasteiger partial charge in [-0.05, 0) is 38.8 Å². The summed E-state index contributed by atoms with van der Waals surface area (Å²) in [6.07, 6.45) is 0.892. The zero-order valence-corrected chi connectivity index (χ0v) is 13.5. The number of carbonyl (C=O) groups is 1. The predicted molar refractivity (Wildman–Crippen MR) is 88.6 cm³/mol. The molecule has 0 atom stereocenters. The Morgan fingerprint density at radius 2 is 1.91 bits per heavy atom. The molecule has 0 aliphatic heterocycles. The molecule has 0 unspecified atom stereocenters. The van der Waals surface area contributed by atoms with Crippen molar-refractivity contribution in [2.75, 3.05) is 11.9 Å². The SMILES string of the molecule is CCCNC(=O)c1cc(Nc2ccc(C)cc2C)nc(C)n1. The maximum absolute atomic E-state index is 12.0. The molecule has 0 aliphatic rings. The minimum atomic E-state index is -0.170. The molecule has 0 saturated heterocycles. The number of hydrogen-bond acceptors (Lipinski definition) is 4. The van der Waals surface area contributed by atoms with Crippen LogP contribution in [0.2, 0.25) is 0 Å². The van der Waals surface area contributed by atoms with Crippen LogP contribution in [0.15, 0.2) is 24.3 Å². The van der Waals surface area contributed by atoms with Crippen LogP contribution in [0.4, 0.5) is 11.5 Å². The van der Waals surface area contributed by atoms with Gasteiger partial charge in [-0.15, -0.1) is 0 Å². The van der Waals surface area contributed by atoms with Gasteiger partial charge in [-0.25, -0.2) is 9.97 Å². The molecule has 5 nitrogen and oxygen atoms in total. The summed E-state index contributed by atoms with van der Waals surface area (Å²) in [7, 11) is 0. The van der Waals surface area contributed by atoms with Gasteiger partial charge in [0.15, 0.2) is 0 Å². The van der Waals surface area contributed by atoms with Crippen LogP contribution in [0.25, 0.3) is 0 Å². The third-order valence-electron chi connectivity index (χ3n) is 3.25. The van der Waals surface area contributed by atoms with Gasteiger partial charge < -0.3 is 10.6 Å². The molecular formula is C17H22N4O. The number of aromatic nitrogens is 2. The average Bonchev–Trinajstić information content (AvgIpc) is 2.47. The summed E-state index contributed by atoms with van der Waals surface area (Å²) in [5, 5.41) is 6.09. The molecule has 1 aromatic carbocycles.